The van der Waals surface area contributed by atoms with Crippen molar-refractivity contribution in [3.63, 3.8) is 0 Å². The minimum Gasteiger partial charge on any atom is -0.487 e. The number of aromatic nitrogens is 1. The first-order valence-electron chi connectivity index (χ1n) is 9.79. The lowest BCUT2D eigenvalue weighted by molar-refractivity contribution is -0.138. The van der Waals surface area contributed by atoms with Gasteiger partial charge in [0.2, 0.25) is 11.8 Å². The van der Waals surface area contributed by atoms with Crippen molar-refractivity contribution in [2.24, 2.45) is 0 Å². The number of piperidine rings is 1. The first-order valence-corrected chi connectivity index (χ1v) is 9.79. The standard InChI is InChI=1S/C21H24FN3O4.CH3F/c1-13-9-15(16-5-7-23-20(10-16)24-14(2)27)3-4-18(13)29-19-6-8-25(11-17(19)22)21(28)12-26;1-2/h3-5,7,9-10,17,19,26H,6,8,11-12H2,1-2H3,(H,23,24,27);1H3/t17-,19+;/m1./s1. The molecule has 3 rings (SSSR count). The number of aliphatic hydroxyl groups is 1. The zero-order valence-corrected chi connectivity index (χ0v) is 17.8. The number of carbonyl (C=O) groups excluding carboxylic acids is 2. The Bertz CT molecular complexity index is 910. The Kier molecular flexibility index (Phi) is 8.87. The number of aryl methyl sites for hydroxylation is 1. The maximum atomic E-state index is 14.5. The van der Waals surface area contributed by atoms with Crippen LogP contribution in [0.3, 0.4) is 0 Å². The maximum Gasteiger partial charge on any atom is 0.248 e. The number of pyridine rings is 1. The summed E-state index contributed by atoms with van der Waals surface area (Å²) in [4.78, 5) is 28.2. The van der Waals surface area contributed by atoms with Crippen molar-refractivity contribution in [3.05, 3.63) is 42.1 Å². The van der Waals surface area contributed by atoms with Gasteiger partial charge in [0, 0.05) is 26.1 Å². The Balaban J connectivity index is 0.00000166. The number of ether oxygens (including phenoxy) is 1. The third-order valence-electron chi connectivity index (χ3n) is 4.82. The average Bonchev–Trinajstić information content (AvgIpc) is 2.77. The smallest absolute Gasteiger partial charge is 0.248 e. The highest BCUT2D eigenvalue weighted by Crippen LogP contribution is 2.29. The van der Waals surface area contributed by atoms with Gasteiger partial charge in [-0.25, -0.2) is 9.37 Å². The molecule has 2 N–H and O–H groups in total. The second-order valence-corrected chi connectivity index (χ2v) is 7.05. The van der Waals surface area contributed by atoms with E-state index in [4.69, 9.17) is 9.84 Å². The van der Waals surface area contributed by atoms with E-state index in [0.717, 1.165) is 16.7 Å². The molecule has 31 heavy (non-hydrogen) atoms. The molecule has 2 aromatic rings. The lowest BCUT2D eigenvalue weighted by atomic mass is 10.0. The number of amides is 2. The van der Waals surface area contributed by atoms with Gasteiger partial charge in [0.15, 0.2) is 6.17 Å². The van der Waals surface area contributed by atoms with Crippen LogP contribution < -0.4 is 10.1 Å². The third kappa shape index (κ3) is 6.45. The molecule has 0 unspecified atom stereocenters. The molecule has 2 heterocycles. The van der Waals surface area contributed by atoms with Gasteiger partial charge in [-0.1, -0.05) is 6.07 Å². The first kappa shape index (κ1) is 24.2. The van der Waals surface area contributed by atoms with Gasteiger partial charge < -0.3 is 20.1 Å². The molecule has 0 spiro atoms. The van der Waals surface area contributed by atoms with E-state index < -0.39 is 24.8 Å². The van der Waals surface area contributed by atoms with Gasteiger partial charge in [-0.15, -0.1) is 0 Å². The summed E-state index contributed by atoms with van der Waals surface area (Å²) < 4.78 is 29.8. The molecular weight excluding hydrogens is 408 g/mol. The summed E-state index contributed by atoms with van der Waals surface area (Å²) in [7, 11) is 0.500. The van der Waals surface area contributed by atoms with Crippen molar-refractivity contribution in [1.29, 1.82) is 0 Å². The molecule has 1 aliphatic rings. The molecule has 9 heteroatoms. The number of halogens is 2. The van der Waals surface area contributed by atoms with E-state index >= 15 is 0 Å². The van der Waals surface area contributed by atoms with Crippen molar-refractivity contribution in [2.75, 3.05) is 32.2 Å². The Hall–Kier alpha value is -3.07. The third-order valence-corrected chi connectivity index (χ3v) is 4.82. The van der Waals surface area contributed by atoms with Gasteiger partial charge in [-0.05, 0) is 47.9 Å². The summed E-state index contributed by atoms with van der Waals surface area (Å²) in [5.41, 5.74) is 2.66. The summed E-state index contributed by atoms with van der Waals surface area (Å²) in [6.45, 7) is 2.96. The Morgan fingerprint density at radius 3 is 2.58 bits per heavy atom. The number of nitrogens with one attached hydrogen (secondary N) is 1. The van der Waals surface area contributed by atoms with E-state index in [1.807, 2.05) is 25.1 Å². The van der Waals surface area contributed by atoms with E-state index in [1.54, 1.807) is 18.3 Å². The fourth-order valence-electron chi connectivity index (χ4n) is 3.33. The van der Waals surface area contributed by atoms with E-state index in [2.05, 4.69) is 10.3 Å². The predicted molar refractivity (Wildman–Crippen MR) is 113 cm³/mol. The van der Waals surface area contributed by atoms with Crippen molar-refractivity contribution in [2.45, 2.75) is 32.5 Å². The molecule has 0 radical (unpaired) electrons. The van der Waals surface area contributed by atoms with E-state index in [9.17, 15) is 18.4 Å². The van der Waals surface area contributed by atoms with Gasteiger partial charge in [0.05, 0.1) is 13.7 Å². The molecule has 2 amide bonds. The number of hydrogen-bond donors (Lipinski definition) is 2. The van der Waals surface area contributed by atoms with Crippen molar-refractivity contribution >= 4 is 17.6 Å². The minimum absolute atomic E-state index is 0.0792. The molecule has 1 saturated heterocycles. The zero-order chi connectivity index (χ0) is 23.0. The highest BCUT2D eigenvalue weighted by atomic mass is 19.1. The molecule has 0 bridgehead atoms. The number of alkyl halides is 2. The van der Waals surface area contributed by atoms with Crippen LogP contribution in [0.15, 0.2) is 36.5 Å². The lowest BCUT2D eigenvalue weighted by Gasteiger charge is -2.34. The summed E-state index contributed by atoms with van der Waals surface area (Å²) in [6, 6.07) is 9.21. The summed E-state index contributed by atoms with van der Waals surface area (Å²) >= 11 is 0. The first-order chi connectivity index (χ1) is 14.9. The fourth-order valence-corrected chi connectivity index (χ4v) is 3.33. The second-order valence-electron chi connectivity index (χ2n) is 7.05. The summed E-state index contributed by atoms with van der Waals surface area (Å²) in [6.07, 6.45) is 0.0157. The number of likely N-dealkylation sites (tertiary alicyclic amines) is 1. The molecule has 0 saturated carbocycles. The van der Waals surface area contributed by atoms with Crippen LogP contribution >= 0.6 is 0 Å². The van der Waals surface area contributed by atoms with Crippen LogP contribution in [0, 0.1) is 6.92 Å². The van der Waals surface area contributed by atoms with Crippen molar-refractivity contribution in [1.82, 2.24) is 9.88 Å². The van der Waals surface area contributed by atoms with Crippen LogP contribution in [0.4, 0.5) is 14.6 Å². The van der Waals surface area contributed by atoms with Gasteiger partial charge in [-0.2, -0.15) is 0 Å². The van der Waals surface area contributed by atoms with Crippen LogP contribution in [0.25, 0.3) is 11.1 Å². The quantitative estimate of drug-likeness (QED) is 0.754. The van der Waals surface area contributed by atoms with Crippen molar-refractivity contribution in [3.8, 4) is 16.9 Å². The predicted octanol–water partition coefficient (Wildman–Crippen LogP) is 2.91. The number of hydrogen-bond acceptors (Lipinski definition) is 5. The molecule has 0 aliphatic carbocycles. The topological polar surface area (TPSA) is 91.8 Å². The lowest BCUT2D eigenvalue weighted by Crippen LogP contribution is -2.50. The molecule has 1 aliphatic heterocycles. The molecule has 7 nitrogen and oxygen atoms in total. The van der Waals surface area contributed by atoms with Crippen LogP contribution in [0.2, 0.25) is 0 Å². The van der Waals surface area contributed by atoms with Gasteiger partial charge in [0.1, 0.15) is 24.3 Å². The summed E-state index contributed by atoms with van der Waals surface area (Å²) in [5.74, 6) is 0.390. The van der Waals surface area contributed by atoms with Gasteiger partial charge in [-0.3, -0.25) is 14.0 Å². The van der Waals surface area contributed by atoms with E-state index in [0.29, 0.717) is 31.7 Å². The largest absolute Gasteiger partial charge is 0.487 e. The minimum atomic E-state index is -1.32. The number of benzene rings is 1. The van der Waals surface area contributed by atoms with Crippen molar-refractivity contribution < 1.29 is 28.2 Å². The highest BCUT2D eigenvalue weighted by Gasteiger charge is 2.33. The Morgan fingerprint density at radius 2 is 1.97 bits per heavy atom. The molecule has 2 atom stereocenters. The zero-order valence-electron chi connectivity index (χ0n) is 17.8. The average molecular weight is 435 g/mol. The van der Waals surface area contributed by atoms with Crippen LogP contribution in [0.5, 0.6) is 5.75 Å². The number of anilines is 1. The Labute approximate surface area is 180 Å². The van der Waals surface area contributed by atoms with Crippen LogP contribution in [-0.2, 0) is 9.59 Å². The molecular formula is C22H27F2N3O4. The van der Waals surface area contributed by atoms with E-state index in [1.165, 1.54) is 11.8 Å². The SMILES string of the molecule is CC(=O)Nc1cc(-c2ccc(O[C@H]3CCN(C(=O)CO)C[C@H]3F)c(C)c2)ccn1.CF. The molecule has 168 valence electrons. The Morgan fingerprint density at radius 1 is 1.26 bits per heavy atom. The van der Waals surface area contributed by atoms with E-state index in [-0.39, 0.29) is 12.5 Å². The molecule has 1 aromatic carbocycles. The monoisotopic (exact) mass is 435 g/mol. The van der Waals surface area contributed by atoms with Crippen LogP contribution in [-0.4, -0.2) is 66.0 Å². The van der Waals surface area contributed by atoms with Crippen LogP contribution in [0.1, 0.15) is 18.9 Å². The molecule has 1 fully saturated rings. The van der Waals surface area contributed by atoms with Gasteiger partial charge in [0.25, 0.3) is 0 Å². The molecule has 1 aromatic heterocycles. The number of nitrogens with zero attached hydrogens (tertiary/aromatic N) is 2. The number of rotatable bonds is 5. The number of carbonyl (C=O) groups is 2. The second kappa shape index (κ2) is 11.4. The summed E-state index contributed by atoms with van der Waals surface area (Å²) in [5, 5.41) is 11.6. The fraction of sp³-hybridized carbons (Fsp3) is 0.409. The maximum absolute atomic E-state index is 14.5. The normalized spacial score (nSPS) is 17.9. The highest BCUT2D eigenvalue weighted by molar-refractivity contribution is 5.88. The number of aliphatic hydroxyl groups excluding tert-OH is 1. The van der Waals surface area contributed by atoms with Gasteiger partial charge >= 0.3 is 0 Å².